The summed E-state index contributed by atoms with van der Waals surface area (Å²) in [6.07, 6.45) is 2.12. The van der Waals surface area contributed by atoms with Gasteiger partial charge in [-0.1, -0.05) is 29.8 Å². The fourth-order valence-electron chi connectivity index (χ4n) is 1.72. The molecule has 0 atom stereocenters. The van der Waals surface area contributed by atoms with Gasteiger partial charge in [0, 0.05) is 15.4 Å². The van der Waals surface area contributed by atoms with Crippen LogP contribution in [0.25, 0.3) is 0 Å². The van der Waals surface area contributed by atoms with E-state index in [9.17, 15) is 9.18 Å². The number of carbonyl (C=O) groups is 1. The average Bonchev–Trinajstić information content (AvgIpc) is 2.34. The Morgan fingerprint density at radius 3 is 2.74 bits per heavy atom. The zero-order chi connectivity index (χ0) is 14.5. The SMILES string of the molecule is CC(C)(CCCBr)CNC(=O)c1ccc(F)cc1I. The molecule has 19 heavy (non-hydrogen) atoms. The molecule has 0 spiro atoms. The standard InChI is InChI=1S/C14H18BrFINO/c1-14(2,6-3-7-15)9-18-13(19)11-5-4-10(16)8-12(11)17/h4-5,8H,3,6-7,9H2,1-2H3,(H,18,19). The fourth-order valence-corrected chi connectivity index (χ4v) is 2.72. The van der Waals surface area contributed by atoms with Crippen molar-refractivity contribution in [1.82, 2.24) is 5.32 Å². The van der Waals surface area contributed by atoms with Crippen molar-refractivity contribution >= 4 is 44.4 Å². The molecule has 2 nitrogen and oxygen atoms in total. The predicted molar refractivity (Wildman–Crippen MR) is 88.3 cm³/mol. The summed E-state index contributed by atoms with van der Waals surface area (Å²) in [7, 11) is 0. The second kappa shape index (κ2) is 7.57. The van der Waals surface area contributed by atoms with Crippen LogP contribution in [0.3, 0.4) is 0 Å². The number of rotatable bonds is 6. The van der Waals surface area contributed by atoms with E-state index in [-0.39, 0.29) is 17.1 Å². The largest absolute Gasteiger partial charge is 0.351 e. The number of hydrogen-bond donors (Lipinski definition) is 1. The van der Waals surface area contributed by atoms with Crippen LogP contribution in [0.15, 0.2) is 18.2 Å². The first-order valence-electron chi connectivity index (χ1n) is 6.15. The van der Waals surface area contributed by atoms with E-state index in [2.05, 4.69) is 35.1 Å². The van der Waals surface area contributed by atoms with Crippen LogP contribution in [0.1, 0.15) is 37.0 Å². The van der Waals surface area contributed by atoms with Crippen molar-refractivity contribution in [2.75, 3.05) is 11.9 Å². The summed E-state index contributed by atoms with van der Waals surface area (Å²) in [5, 5.41) is 3.90. The summed E-state index contributed by atoms with van der Waals surface area (Å²) in [5.74, 6) is -0.463. The molecule has 0 heterocycles. The Bertz CT molecular complexity index is 451. The van der Waals surface area contributed by atoms with Gasteiger partial charge in [-0.2, -0.15) is 0 Å². The van der Waals surface area contributed by atoms with Crippen LogP contribution >= 0.6 is 38.5 Å². The third-order valence-corrected chi connectivity index (χ3v) is 4.34. The first-order chi connectivity index (χ1) is 8.85. The molecule has 0 aliphatic rings. The summed E-state index contributed by atoms with van der Waals surface area (Å²) in [5.41, 5.74) is 0.591. The molecular formula is C14H18BrFINO. The van der Waals surface area contributed by atoms with Gasteiger partial charge in [0.1, 0.15) is 5.82 Å². The maximum atomic E-state index is 13.0. The van der Waals surface area contributed by atoms with E-state index in [1.807, 2.05) is 22.6 Å². The molecule has 0 aliphatic heterocycles. The van der Waals surface area contributed by atoms with Gasteiger partial charge in [-0.3, -0.25) is 4.79 Å². The highest BCUT2D eigenvalue weighted by Gasteiger charge is 2.19. The lowest BCUT2D eigenvalue weighted by Gasteiger charge is -2.24. The van der Waals surface area contributed by atoms with Crippen LogP contribution in [0.5, 0.6) is 0 Å². The Morgan fingerprint density at radius 1 is 1.47 bits per heavy atom. The molecule has 0 fully saturated rings. The number of amides is 1. The van der Waals surface area contributed by atoms with Crippen LogP contribution in [0.4, 0.5) is 4.39 Å². The van der Waals surface area contributed by atoms with Crippen LogP contribution in [-0.2, 0) is 0 Å². The van der Waals surface area contributed by atoms with Gasteiger partial charge >= 0.3 is 0 Å². The summed E-state index contributed by atoms with van der Waals surface area (Å²) in [4.78, 5) is 12.0. The molecule has 106 valence electrons. The van der Waals surface area contributed by atoms with Gasteiger partial charge < -0.3 is 5.32 Å². The summed E-state index contributed by atoms with van der Waals surface area (Å²) >= 11 is 5.39. The Hall–Kier alpha value is -0.170. The number of hydrogen-bond acceptors (Lipinski definition) is 1. The minimum Gasteiger partial charge on any atom is -0.351 e. The lowest BCUT2D eigenvalue weighted by atomic mass is 9.88. The normalized spacial score (nSPS) is 11.4. The highest BCUT2D eigenvalue weighted by molar-refractivity contribution is 14.1. The summed E-state index contributed by atoms with van der Waals surface area (Å²) in [6, 6.07) is 4.20. The van der Waals surface area contributed by atoms with Gasteiger partial charge in [0.2, 0.25) is 0 Å². The van der Waals surface area contributed by atoms with E-state index in [1.54, 1.807) is 0 Å². The van der Waals surface area contributed by atoms with Gasteiger partial charge in [-0.15, -0.1) is 0 Å². The van der Waals surface area contributed by atoms with E-state index in [1.165, 1.54) is 18.2 Å². The predicted octanol–water partition coefficient (Wildman–Crippen LogP) is 4.36. The Labute approximate surface area is 135 Å². The molecular weight excluding hydrogens is 424 g/mol. The van der Waals surface area contributed by atoms with Gasteiger partial charge in [-0.25, -0.2) is 4.39 Å². The highest BCUT2D eigenvalue weighted by Crippen LogP contribution is 2.22. The Morgan fingerprint density at radius 2 is 2.16 bits per heavy atom. The smallest absolute Gasteiger partial charge is 0.252 e. The van der Waals surface area contributed by atoms with Crippen molar-refractivity contribution < 1.29 is 9.18 Å². The van der Waals surface area contributed by atoms with E-state index in [0.29, 0.717) is 15.7 Å². The molecule has 0 radical (unpaired) electrons. The molecule has 0 aliphatic carbocycles. The topological polar surface area (TPSA) is 29.1 Å². The first-order valence-corrected chi connectivity index (χ1v) is 8.35. The van der Waals surface area contributed by atoms with Crippen molar-refractivity contribution in [2.24, 2.45) is 5.41 Å². The molecule has 1 N–H and O–H groups in total. The van der Waals surface area contributed by atoms with Crippen molar-refractivity contribution in [3.05, 3.63) is 33.1 Å². The summed E-state index contributed by atoms with van der Waals surface area (Å²) < 4.78 is 13.6. The van der Waals surface area contributed by atoms with Crippen LogP contribution in [-0.4, -0.2) is 17.8 Å². The minimum atomic E-state index is -0.321. The van der Waals surface area contributed by atoms with Gasteiger partial charge in [0.25, 0.3) is 5.91 Å². The molecule has 0 saturated carbocycles. The van der Waals surface area contributed by atoms with Crippen molar-refractivity contribution in [3.8, 4) is 0 Å². The molecule has 0 aromatic heterocycles. The third kappa shape index (κ3) is 5.77. The average molecular weight is 442 g/mol. The number of nitrogens with one attached hydrogen (secondary N) is 1. The van der Waals surface area contributed by atoms with Crippen molar-refractivity contribution in [2.45, 2.75) is 26.7 Å². The molecule has 5 heteroatoms. The quantitative estimate of drug-likeness (QED) is 0.515. The van der Waals surface area contributed by atoms with Gasteiger partial charge in [0.05, 0.1) is 5.56 Å². The second-order valence-corrected chi connectivity index (χ2v) is 7.22. The van der Waals surface area contributed by atoms with Crippen molar-refractivity contribution in [3.63, 3.8) is 0 Å². The van der Waals surface area contributed by atoms with Crippen molar-refractivity contribution in [1.29, 1.82) is 0 Å². The van der Waals surface area contributed by atoms with Crippen LogP contribution in [0.2, 0.25) is 0 Å². The van der Waals surface area contributed by atoms with Gasteiger partial charge in [0.15, 0.2) is 0 Å². The van der Waals surface area contributed by atoms with E-state index in [4.69, 9.17) is 0 Å². The first kappa shape index (κ1) is 16.9. The maximum Gasteiger partial charge on any atom is 0.252 e. The summed E-state index contributed by atoms with van der Waals surface area (Å²) in [6.45, 7) is 4.88. The van der Waals surface area contributed by atoms with Crippen LogP contribution < -0.4 is 5.32 Å². The van der Waals surface area contributed by atoms with E-state index < -0.39 is 0 Å². The highest BCUT2D eigenvalue weighted by atomic mass is 127. The molecule has 1 aromatic carbocycles. The number of halogens is 3. The number of alkyl halides is 1. The lowest BCUT2D eigenvalue weighted by Crippen LogP contribution is -2.34. The second-order valence-electron chi connectivity index (χ2n) is 5.26. The lowest BCUT2D eigenvalue weighted by molar-refractivity contribution is 0.0933. The fraction of sp³-hybridized carbons (Fsp3) is 0.500. The molecule has 0 saturated heterocycles. The molecule has 0 bridgehead atoms. The maximum absolute atomic E-state index is 13.0. The zero-order valence-electron chi connectivity index (χ0n) is 11.1. The zero-order valence-corrected chi connectivity index (χ0v) is 14.8. The van der Waals surface area contributed by atoms with Gasteiger partial charge in [-0.05, 0) is 59.0 Å². The number of benzene rings is 1. The number of carbonyl (C=O) groups excluding carboxylic acids is 1. The molecule has 1 amide bonds. The Balaban J connectivity index is 2.60. The Kier molecular flexibility index (Phi) is 6.73. The minimum absolute atomic E-state index is 0.0644. The third-order valence-electron chi connectivity index (χ3n) is 2.89. The van der Waals surface area contributed by atoms with E-state index >= 15 is 0 Å². The van der Waals surface area contributed by atoms with Crippen LogP contribution in [0, 0.1) is 14.8 Å². The molecule has 0 unspecified atom stereocenters. The van der Waals surface area contributed by atoms with E-state index in [0.717, 1.165) is 18.2 Å². The monoisotopic (exact) mass is 441 g/mol. The molecule has 1 rings (SSSR count). The molecule has 1 aromatic rings.